The van der Waals surface area contributed by atoms with E-state index in [9.17, 15) is 0 Å². The molecule has 0 atom stereocenters. The van der Waals surface area contributed by atoms with Crippen molar-refractivity contribution in [1.82, 2.24) is 0 Å². The number of aryl methyl sites for hydroxylation is 1. The quantitative estimate of drug-likeness (QED) is 0.690. The summed E-state index contributed by atoms with van der Waals surface area (Å²) in [5.41, 5.74) is 1.24. The first-order chi connectivity index (χ1) is 6.91. The lowest BCUT2D eigenvalue weighted by Gasteiger charge is -2.05. The highest BCUT2D eigenvalue weighted by Crippen LogP contribution is 2.14. The largest absolute Gasteiger partial charge is 0.156 e. The normalized spacial score (nSPS) is 10.1. The zero-order chi connectivity index (χ0) is 11.8. The van der Waals surface area contributed by atoms with Gasteiger partial charge in [-0.05, 0) is 29.6 Å². The van der Waals surface area contributed by atoms with Gasteiger partial charge in [-0.3, -0.25) is 0 Å². The third-order valence-corrected chi connectivity index (χ3v) is 2.90. The topological polar surface area (TPSA) is 0 Å². The molecule has 1 aromatic carbocycles. The molecule has 0 spiro atoms. The molecule has 0 aliphatic carbocycles. The van der Waals surface area contributed by atoms with E-state index in [2.05, 4.69) is 27.7 Å². The Balaban J connectivity index is 0.000000265. The highest BCUT2D eigenvalue weighted by Gasteiger charge is 1.95. The number of hydrogen-bond donors (Lipinski definition) is 0. The van der Waals surface area contributed by atoms with E-state index < -0.39 is 0 Å². The van der Waals surface area contributed by atoms with Crippen molar-refractivity contribution in [2.45, 2.75) is 45.1 Å². The van der Waals surface area contributed by atoms with Crippen molar-refractivity contribution in [2.75, 3.05) is 0 Å². The Morgan fingerprint density at radius 2 is 1.33 bits per heavy atom. The van der Waals surface area contributed by atoms with Crippen LogP contribution in [0.2, 0.25) is 5.02 Å². The van der Waals surface area contributed by atoms with Crippen LogP contribution in [0.4, 0.5) is 0 Å². The van der Waals surface area contributed by atoms with E-state index in [1.165, 1.54) is 5.56 Å². The molecule has 0 nitrogen and oxygen atoms in total. The molecule has 0 radical (unpaired) electrons. The van der Waals surface area contributed by atoms with Crippen molar-refractivity contribution in [3.8, 4) is 0 Å². The van der Waals surface area contributed by atoms with Crippen molar-refractivity contribution >= 4 is 23.4 Å². The van der Waals surface area contributed by atoms with Crippen LogP contribution in [0.3, 0.4) is 0 Å². The van der Waals surface area contributed by atoms with Crippen LogP contribution in [0.15, 0.2) is 24.3 Å². The maximum Gasteiger partial charge on any atom is 0.0406 e. The van der Waals surface area contributed by atoms with E-state index >= 15 is 0 Å². The maximum absolute atomic E-state index is 5.61. The third-order valence-electron chi connectivity index (χ3n) is 1.56. The van der Waals surface area contributed by atoms with Crippen LogP contribution in [0.25, 0.3) is 0 Å². The summed E-state index contributed by atoms with van der Waals surface area (Å²) in [7, 11) is 0. The zero-order valence-corrected chi connectivity index (χ0v) is 11.8. The lowest BCUT2D eigenvalue weighted by Crippen LogP contribution is -1.94. The van der Waals surface area contributed by atoms with Crippen molar-refractivity contribution in [1.29, 1.82) is 0 Å². The first-order valence-corrected chi connectivity index (χ1v) is 6.61. The smallest absolute Gasteiger partial charge is 0.0406 e. The van der Waals surface area contributed by atoms with E-state index in [0.29, 0.717) is 0 Å². The summed E-state index contributed by atoms with van der Waals surface area (Å²) < 4.78 is 0. The first kappa shape index (κ1) is 14.9. The van der Waals surface area contributed by atoms with Gasteiger partial charge in [0.15, 0.2) is 0 Å². The fourth-order valence-corrected chi connectivity index (χ4v) is 2.29. The molecule has 0 unspecified atom stereocenters. The molecule has 1 rings (SSSR count). The predicted octanol–water partition coefficient (Wildman–Crippen LogP) is 5.18. The van der Waals surface area contributed by atoms with Gasteiger partial charge in [-0.1, -0.05) is 57.0 Å². The van der Waals surface area contributed by atoms with Gasteiger partial charge in [0.1, 0.15) is 0 Å². The second-order valence-electron chi connectivity index (χ2n) is 4.03. The summed E-state index contributed by atoms with van der Waals surface area (Å²) in [6, 6.07) is 7.75. The van der Waals surface area contributed by atoms with Crippen LogP contribution in [0.5, 0.6) is 0 Å². The molecule has 0 heterocycles. The molecule has 0 aliphatic rings. The van der Waals surface area contributed by atoms with Gasteiger partial charge in [0.2, 0.25) is 0 Å². The van der Waals surface area contributed by atoms with Crippen LogP contribution >= 0.6 is 23.4 Å². The van der Waals surface area contributed by atoms with Gasteiger partial charge in [0.05, 0.1) is 0 Å². The average Bonchev–Trinajstić information content (AvgIpc) is 2.09. The second-order valence-corrected chi connectivity index (χ2v) is 6.62. The van der Waals surface area contributed by atoms with Crippen molar-refractivity contribution in [3.63, 3.8) is 0 Å². The Labute approximate surface area is 103 Å². The summed E-state index contributed by atoms with van der Waals surface area (Å²) in [6.45, 7) is 10.9. The molecule has 0 aliphatic heterocycles. The van der Waals surface area contributed by atoms with Crippen molar-refractivity contribution in [3.05, 3.63) is 34.9 Å². The van der Waals surface area contributed by atoms with Gasteiger partial charge < -0.3 is 0 Å². The van der Waals surface area contributed by atoms with Gasteiger partial charge in [0.25, 0.3) is 0 Å². The summed E-state index contributed by atoms with van der Waals surface area (Å²) in [5.74, 6) is 0. The molecule has 0 N–H and O–H groups in total. The van der Waals surface area contributed by atoms with Crippen LogP contribution in [0.1, 0.15) is 33.3 Å². The molecular weight excluding hydrogens is 224 g/mol. The van der Waals surface area contributed by atoms with Gasteiger partial charge in [-0.15, -0.1) is 0 Å². The number of rotatable bonds is 2. The Kier molecular flexibility index (Phi) is 7.99. The van der Waals surface area contributed by atoms with Gasteiger partial charge >= 0.3 is 0 Å². The van der Waals surface area contributed by atoms with Crippen LogP contribution in [-0.2, 0) is 0 Å². The Morgan fingerprint density at radius 1 is 0.933 bits per heavy atom. The number of thioether (sulfide) groups is 1. The average molecular weight is 245 g/mol. The predicted molar refractivity (Wildman–Crippen MR) is 74.1 cm³/mol. The molecule has 0 bridgehead atoms. The monoisotopic (exact) mass is 244 g/mol. The van der Waals surface area contributed by atoms with E-state index in [1.807, 2.05) is 43.0 Å². The fraction of sp³-hybridized carbons (Fsp3) is 0.538. The molecule has 0 saturated carbocycles. The highest BCUT2D eigenvalue weighted by atomic mass is 35.5. The maximum atomic E-state index is 5.61. The third kappa shape index (κ3) is 10.1. The minimum Gasteiger partial charge on any atom is -0.156 e. The van der Waals surface area contributed by atoms with Gasteiger partial charge in [-0.25, -0.2) is 0 Å². The molecule has 0 fully saturated rings. The summed E-state index contributed by atoms with van der Waals surface area (Å²) in [5, 5.41) is 2.38. The SMILES string of the molecule is CC(C)SC(C)C.Cc1ccc(Cl)cc1. The Morgan fingerprint density at radius 3 is 1.53 bits per heavy atom. The van der Waals surface area contributed by atoms with Gasteiger partial charge in [0, 0.05) is 5.02 Å². The summed E-state index contributed by atoms with van der Waals surface area (Å²) >= 11 is 7.62. The van der Waals surface area contributed by atoms with Crippen LogP contribution in [0, 0.1) is 6.92 Å². The van der Waals surface area contributed by atoms with Crippen LogP contribution < -0.4 is 0 Å². The van der Waals surface area contributed by atoms with Crippen LogP contribution in [-0.4, -0.2) is 10.5 Å². The van der Waals surface area contributed by atoms with Crippen molar-refractivity contribution in [2.24, 2.45) is 0 Å². The van der Waals surface area contributed by atoms with Crippen molar-refractivity contribution < 1.29 is 0 Å². The lowest BCUT2D eigenvalue weighted by molar-refractivity contribution is 1.05. The minimum atomic E-state index is 0.792. The Hall–Kier alpha value is -0.140. The summed E-state index contributed by atoms with van der Waals surface area (Å²) in [4.78, 5) is 0. The minimum absolute atomic E-state index is 0.792. The molecule has 0 saturated heterocycles. The molecule has 2 heteroatoms. The molecule has 0 aromatic heterocycles. The van der Waals surface area contributed by atoms with E-state index in [-0.39, 0.29) is 0 Å². The second kappa shape index (κ2) is 8.06. The molecular formula is C13H21ClS. The standard InChI is InChI=1S/C7H7Cl.C6H14S/c1-6-2-4-7(8)5-3-6;1-5(2)7-6(3)4/h2-5H,1H3;5-6H,1-4H3. The molecule has 0 amide bonds. The Bertz CT molecular complexity index is 225. The number of benzene rings is 1. The first-order valence-electron chi connectivity index (χ1n) is 5.29. The summed E-state index contributed by atoms with van der Waals surface area (Å²) in [6.07, 6.45) is 0. The molecule has 86 valence electrons. The molecule has 15 heavy (non-hydrogen) atoms. The fourth-order valence-electron chi connectivity index (χ4n) is 1.08. The van der Waals surface area contributed by atoms with Gasteiger partial charge in [-0.2, -0.15) is 11.8 Å². The zero-order valence-electron chi connectivity index (χ0n) is 10.3. The number of halogens is 1. The van der Waals surface area contributed by atoms with E-state index in [1.54, 1.807) is 0 Å². The van der Waals surface area contributed by atoms with E-state index in [4.69, 9.17) is 11.6 Å². The van der Waals surface area contributed by atoms with E-state index in [0.717, 1.165) is 15.5 Å². The molecule has 1 aromatic rings. The number of hydrogen-bond acceptors (Lipinski definition) is 1. The highest BCUT2D eigenvalue weighted by molar-refractivity contribution is 8.00. The lowest BCUT2D eigenvalue weighted by atomic mass is 10.2.